The van der Waals surface area contributed by atoms with Crippen molar-refractivity contribution in [2.24, 2.45) is 5.73 Å². The molecule has 0 radical (unpaired) electrons. The Balaban J connectivity index is 2.02. The van der Waals surface area contributed by atoms with Gasteiger partial charge in [0.2, 0.25) is 11.8 Å². The van der Waals surface area contributed by atoms with Crippen LogP contribution in [0.25, 0.3) is 0 Å². The van der Waals surface area contributed by atoms with Crippen molar-refractivity contribution in [1.82, 2.24) is 10.6 Å². The van der Waals surface area contributed by atoms with Crippen LogP contribution >= 0.6 is 11.3 Å². The summed E-state index contributed by atoms with van der Waals surface area (Å²) in [6, 6.07) is 0.936. The highest BCUT2D eigenvalue weighted by atomic mass is 32.1. The molecule has 1 aliphatic heterocycles. The SMILES string of the molecule is NC(=O)c1csc(C(=O)NC2CCCCNC2=O)c1. The van der Waals surface area contributed by atoms with Gasteiger partial charge in [-0.25, -0.2) is 0 Å². The first-order valence-electron chi connectivity index (χ1n) is 6.05. The number of carbonyl (C=O) groups excluding carboxylic acids is 3. The average molecular weight is 281 g/mol. The molecule has 1 aliphatic rings. The maximum Gasteiger partial charge on any atom is 0.262 e. The Bertz CT molecular complexity index is 512. The van der Waals surface area contributed by atoms with Gasteiger partial charge in [-0.05, 0) is 25.3 Å². The number of hydrogen-bond donors (Lipinski definition) is 3. The largest absolute Gasteiger partial charge is 0.366 e. The van der Waals surface area contributed by atoms with Crippen molar-refractivity contribution in [3.05, 3.63) is 21.9 Å². The molecular weight excluding hydrogens is 266 g/mol. The molecule has 19 heavy (non-hydrogen) atoms. The molecule has 1 fully saturated rings. The molecule has 1 atom stereocenters. The smallest absolute Gasteiger partial charge is 0.262 e. The summed E-state index contributed by atoms with van der Waals surface area (Å²) in [6.45, 7) is 0.649. The number of nitrogens with two attached hydrogens (primary N) is 1. The van der Waals surface area contributed by atoms with Crippen LogP contribution in [0.4, 0.5) is 0 Å². The number of amides is 3. The zero-order valence-corrected chi connectivity index (χ0v) is 11.1. The number of carbonyl (C=O) groups is 3. The molecule has 0 bridgehead atoms. The van der Waals surface area contributed by atoms with Crippen LogP contribution in [0.5, 0.6) is 0 Å². The van der Waals surface area contributed by atoms with Gasteiger partial charge in [-0.2, -0.15) is 0 Å². The summed E-state index contributed by atoms with van der Waals surface area (Å²) in [6.07, 6.45) is 2.44. The van der Waals surface area contributed by atoms with Crippen molar-refractivity contribution in [3.8, 4) is 0 Å². The van der Waals surface area contributed by atoms with Crippen molar-refractivity contribution in [3.63, 3.8) is 0 Å². The van der Waals surface area contributed by atoms with Gasteiger partial charge >= 0.3 is 0 Å². The quantitative estimate of drug-likeness (QED) is 0.740. The summed E-state index contributed by atoms with van der Waals surface area (Å²) < 4.78 is 0. The highest BCUT2D eigenvalue weighted by Gasteiger charge is 2.23. The van der Waals surface area contributed by atoms with Gasteiger partial charge in [0.1, 0.15) is 6.04 Å². The number of primary amides is 1. The molecule has 2 heterocycles. The Kier molecular flexibility index (Phi) is 4.16. The molecule has 3 amide bonds. The molecule has 6 nitrogen and oxygen atoms in total. The summed E-state index contributed by atoms with van der Waals surface area (Å²) in [5.74, 6) is -1.07. The van der Waals surface area contributed by atoms with E-state index < -0.39 is 11.9 Å². The van der Waals surface area contributed by atoms with Gasteiger partial charge in [0.15, 0.2) is 0 Å². The molecule has 0 saturated carbocycles. The second-order valence-corrected chi connectivity index (χ2v) is 5.29. The maximum absolute atomic E-state index is 12.0. The van der Waals surface area contributed by atoms with Gasteiger partial charge in [0.05, 0.1) is 10.4 Å². The second-order valence-electron chi connectivity index (χ2n) is 4.38. The lowest BCUT2D eigenvalue weighted by Gasteiger charge is -2.14. The predicted molar refractivity (Wildman–Crippen MR) is 71.0 cm³/mol. The van der Waals surface area contributed by atoms with Crippen LogP contribution in [0.3, 0.4) is 0 Å². The number of hydrogen-bond acceptors (Lipinski definition) is 4. The average Bonchev–Trinajstić information content (AvgIpc) is 2.78. The van der Waals surface area contributed by atoms with E-state index in [1.807, 2.05) is 0 Å². The van der Waals surface area contributed by atoms with Crippen LogP contribution in [0.1, 0.15) is 39.3 Å². The van der Waals surface area contributed by atoms with E-state index in [1.165, 1.54) is 11.4 Å². The number of nitrogens with one attached hydrogen (secondary N) is 2. The van der Waals surface area contributed by atoms with Crippen LogP contribution < -0.4 is 16.4 Å². The fraction of sp³-hybridized carbons (Fsp3) is 0.417. The van der Waals surface area contributed by atoms with Crippen LogP contribution in [0.15, 0.2) is 11.4 Å². The normalized spacial score (nSPS) is 19.4. The van der Waals surface area contributed by atoms with E-state index in [1.54, 1.807) is 0 Å². The first-order valence-corrected chi connectivity index (χ1v) is 6.93. The van der Waals surface area contributed by atoms with Crippen LogP contribution in [-0.2, 0) is 4.79 Å². The monoisotopic (exact) mass is 281 g/mol. The summed E-state index contributed by atoms with van der Waals surface area (Å²) >= 11 is 1.14. The van der Waals surface area contributed by atoms with Crippen LogP contribution in [0.2, 0.25) is 0 Å². The summed E-state index contributed by atoms with van der Waals surface area (Å²) in [5.41, 5.74) is 5.43. The van der Waals surface area contributed by atoms with E-state index in [4.69, 9.17) is 5.73 Å². The molecule has 1 aromatic rings. The third kappa shape index (κ3) is 3.31. The van der Waals surface area contributed by atoms with Crippen molar-refractivity contribution < 1.29 is 14.4 Å². The molecule has 1 aromatic heterocycles. The van der Waals surface area contributed by atoms with Crippen molar-refractivity contribution >= 4 is 29.1 Å². The summed E-state index contributed by atoms with van der Waals surface area (Å²) in [5, 5.41) is 6.97. The minimum Gasteiger partial charge on any atom is -0.366 e. The van der Waals surface area contributed by atoms with E-state index >= 15 is 0 Å². The number of thiophene rings is 1. The molecule has 4 N–H and O–H groups in total. The lowest BCUT2D eigenvalue weighted by molar-refractivity contribution is -0.122. The second kappa shape index (κ2) is 5.83. The number of rotatable bonds is 3. The highest BCUT2D eigenvalue weighted by Crippen LogP contribution is 2.15. The molecule has 1 unspecified atom stereocenters. The van der Waals surface area contributed by atoms with Gasteiger partial charge < -0.3 is 16.4 Å². The predicted octanol–water partition coefficient (Wildman–Crippen LogP) is 0.245. The Morgan fingerprint density at radius 2 is 2.21 bits per heavy atom. The van der Waals surface area contributed by atoms with E-state index in [0.717, 1.165) is 24.2 Å². The van der Waals surface area contributed by atoms with Gasteiger partial charge in [0.25, 0.3) is 5.91 Å². The molecule has 102 valence electrons. The first kappa shape index (κ1) is 13.5. The Labute approximate surface area is 114 Å². The van der Waals surface area contributed by atoms with Crippen molar-refractivity contribution in [1.29, 1.82) is 0 Å². The van der Waals surface area contributed by atoms with Gasteiger partial charge in [-0.3, -0.25) is 14.4 Å². The molecule has 0 aliphatic carbocycles. The Morgan fingerprint density at radius 3 is 2.89 bits per heavy atom. The third-order valence-electron chi connectivity index (χ3n) is 2.95. The summed E-state index contributed by atoms with van der Waals surface area (Å²) in [4.78, 5) is 35.0. The lowest BCUT2D eigenvalue weighted by atomic mass is 10.1. The fourth-order valence-electron chi connectivity index (χ4n) is 1.89. The van der Waals surface area contributed by atoms with Crippen molar-refractivity contribution in [2.45, 2.75) is 25.3 Å². The van der Waals surface area contributed by atoms with E-state index in [-0.39, 0.29) is 11.8 Å². The molecular formula is C12H15N3O3S. The molecule has 7 heteroatoms. The molecule has 0 spiro atoms. The molecule has 1 saturated heterocycles. The minimum absolute atomic E-state index is 0.155. The van der Waals surface area contributed by atoms with Crippen molar-refractivity contribution in [2.75, 3.05) is 6.54 Å². The summed E-state index contributed by atoms with van der Waals surface area (Å²) in [7, 11) is 0. The van der Waals surface area contributed by atoms with Gasteiger partial charge in [-0.15, -0.1) is 11.3 Å². The third-order valence-corrected chi connectivity index (χ3v) is 3.88. The zero-order valence-electron chi connectivity index (χ0n) is 10.3. The van der Waals surface area contributed by atoms with Crippen LogP contribution in [0, 0.1) is 0 Å². The standard InChI is InChI=1S/C12H15N3O3S/c13-10(16)7-5-9(19-6-7)12(18)15-8-3-1-2-4-14-11(8)17/h5-6,8H,1-4H2,(H2,13,16)(H,14,17)(H,15,18). The lowest BCUT2D eigenvalue weighted by Crippen LogP contribution is -2.45. The highest BCUT2D eigenvalue weighted by molar-refractivity contribution is 7.12. The topological polar surface area (TPSA) is 101 Å². The van der Waals surface area contributed by atoms with E-state index in [2.05, 4.69) is 10.6 Å². The zero-order chi connectivity index (χ0) is 13.8. The first-order chi connectivity index (χ1) is 9.08. The molecule has 0 aromatic carbocycles. The van der Waals surface area contributed by atoms with E-state index in [0.29, 0.717) is 23.4 Å². The fourth-order valence-corrected chi connectivity index (χ4v) is 2.69. The van der Waals surface area contributed by atoms with Crippen LogP contribution in [-0.4, -0.2) is 30.3 Å². The van der Waals surface area contributed by atoms with Gasteiger partial charge in [0, 0.05) is 11.9 Å². The Morgan fingerprint density at radius 1 is 1.42 bits per heavy atom. The van der Waals surface area contributed by atoms with Gasteiger partial charge in [-0.1, -0.05) is 0 Å². The Hall–Kier alpha value is -1.89. The van der Waals surface area contributed by atoms with E-state index in [9.17, 15) is 14.4 Å². The maximum atomic E-state index is 12.0. The minimum atomic E-state index is -0.567. The molecule has 2 rings (SSSR count).